The van der Waals surface area contributed by atoms with Crippen LogP contribution in [0.1, 0.15) is 10.4 Å². The van der Waals surface area contributed by atoms with Gasteiger partial charge in [-0.3, -0.25) is 15.0 Å². The van der Waals surface area contributed by atoms with Crippen molar-refractivity contribution in [2.24, 2.45) is 0 Å². The van der Waals surface area contributed by atoms with Crippen molar-refractivity contribution in [2.75, 3.05) is 22.6 Å². The second-order valence-electron chi connectivity index (χ2n) is 6.86. The van der Waals surface area contributed by atoms with Gasteiger partial charge < -0.3 is 10.4 Å². The number of sulfonamides is 1. The number of aromatic nitrogens is 2. The number of aromatic carboxylic acids is 1. The number of carboxylic acid groups (broad SMARTS) is 1. The van der Waals surface area contributed by atoms with Crippen molar-refractivity contribution in [1.82, 2.24) is 9.97 Å². The van der Waals surface area contributed by atoms with Crippen LogP contribution in [0.25, 0.3) is 11.0 Å². The van der Waals surface area contributed by atoms with Crippen molar-refractivity contribution in [1.29, 1.82) is 0 Å². The third-order valence-electron chi connectivity index (χ3n) is 4.56. The molecule has 0 aliphatic carbocycles. The molecule has 11 heteroatoms. The van der Waals surface area contributed by atoms with E-state index in [0.29, 0.717) is 22.4 Å². The molecule has 10 nitrogen and oxygen atoms in total. The maximum absolute atomic E-state index is 13.0. The number of fused-ring (bicyclic) bond motifs is 1. The normalized spacial score (nSPS) is 11.2. The monoisotopic (exact) mass is 465 g/mol. The van der Waals surface area contributed by atoms with Gasteiger partial charge in [-0.1, -0.05) is 18.2 Å². The summed E-state index contributed by atoms with van der Waals surface area (Å²) >= 11 is 0. The number of rotatable bonds is 8. The summed E-state index contributed by atoms with van der Waals surface area (Å²) in [7, 11) is -2.56. The van der Waals surface area contributed by atoms with Gasteiger partial charge in [-0.2, -0.15) is 0 Å². The summed E-state index contributed by atoms with van der Waals surface area (Å²) in [6, 6.07) is 19.0. The van der Waals surface area contributed by atoms with E-state index < -0.39 is 16.0 Å². The lowest BCUT2D eigenvalue weighted by Crippen LogP contribution is -2.16. The molecule has 0 saturated carbocycles. The Hall–Kier alpha value is -4.22. The fourth-order valence-electron chi connectivity index (χ4n) is 3.03. The summed E-state index contributed by atoms with van der Waals surface area (Å²) in [5.41, 5.74) is 4.70. The topological polar surface area (TPSA) is 143 Å². The lowest BCUT2D eigenvalue weighted by Gasteiger charge is -2.14. The Balaban J connectivity index is 1.72. The second-order valence-corrected chi connectivity index (χ2v) is 8.54. The zero-order valence-corrected chi connectivity index (χ0v) is 18.1. The van der Waals surface area contributed by atoms with Gasteiger partial charge in [-0.25, -0.2) is 23.2 Å². The van der Waals surface area contributed by atoms with Crippen molar-refractivity contribution in [2.45, 2.75) is 4.90 Å². The van der Waals surface area contributed by atoms with Crippen LogP contribution in [-0.4, -0.2) is 36.6 Å². The second kappa shape index (κ2) is 9.10. The number of nitrogens with zero attached hydrogens (tertiary/aromatic N) is 2. The number of hydrogen-bond acceptors (Lipinski definition) is 8. The lowest BCUT2D eigenvalue weighted by atomic mass is 10.2. The van der Waals surface area contributed by atoms with Gasteiger partial charge in [-0.15, -0.1) is 0 Å². The molecule has 0 aliphatic rings. The fraction of sp³-hybridized carbons (Fsp3) is 0.0455. The van der Waals surface area contributed by atoms with E-state index in [2.05, 4.69) is 25.5 Å². The van der Waals surface area contributed by atoms with Gasteiger partial charge in [0, 0.05) is 5.69 Å². The Bertz CT molecular complexity index is 1430. The molecule has 4 aromatic rings. The van der Waals surface area contributed by atoms with Gasteiger partial charge in [0.1, 0.15) is 0 Å². The molecule has 0 radical (unpaired) electrons. The molecule has 4 N–H and O–H groups in total. The average Bonchev–Trinajstić information content (AvgIpc) is 2.80. The molecule has 0 bridgehead atoms. The lowest BCUT2D eigenvalue weighted by molar-refractivity contribution is 0.0697. The largest absolute Gasteiger partial charge is 0.478 e. The number of nitrogens with one attached hydrogen (secondary N) is 3. The number of carboxylic acids is 1. The van der Waals surface area contributed by atoms with E-state index in [4.69, 9.17) is 4.84 Å². The van der Waals surface area contributed by atoms with Crippen LogP contribution in [0.15, 0.2) is 77.7 Å². The molecule has 3 aromatic carbocycles. The van der Waals surface area contributed by atoms with E-state index in [1.54, 1.807) is 48.5 Å². The standard InChI is InChI=1S/C22H19N5O5S/c1-32-26-15-9-11-17(12-10-15)33(30,31)27-21-20(24-18-7-2-3-8-19(18)25-21)23-16-6-4-5-14(13-16)22(28)29/h2-13,26H,1H3,(H,23,24)(H,25,27)(H,28,29). The molecule has 168 valence electrons. The molecule has 33 heavy (non-hydrogen) atoms. The van der Waals surface area contributed by atoms with E-state index in [-0.39, 0.29) is 22.1 Å². The van der Waals surface area contributed by atoms with E-state index >= 15 is 0 Å². The van der Waals surface area contributed by atoms with Gasteiger partial charge >= 0.3 is 5.97 Å². The van der Waals surface area contributed by atoms with Crippen LogP contribution in [0.2, 0.25) is 0 Å². The molecule has 0 unspecified atom stereocenters. The third-order valence-corrected chi connectivity index (χ3v) is 5.91. The molecule has 0 aliphatic heterocycles. The summed E-state index contributed by atoms with van der Waals surface area (Å²) in [6.07, 6.45) is 0. The molecule has 0 saturated heterocycles. The minimum Gasteiger partial charge on any atom is -0.478 e. The van der Waals surface area contributed by atoms with Gasteiger partial charge in [0.25, 0.3) is 10.0 Å². The Kier molecular flexibility index (Phi) is 6.07. The van der Waals surface area contributed by atoms with Crippen LogP contribution in [-0.2, 0) is 14.9 Å². The van der Waals surface area contributed by atoms with Crippen molar-refractivity contribution in [3.63, 3.8) is 0 Å². The van der Waals surface area contributed by atoms with Gasteiger partial charge in [-0.05, 0) is 54.6 Å². The van der Waals surface area contributed by atoms with Crippen molar-refractivity contribution < 1.29 is 23.2 Å². The predicted octanol–water partition coefficient (Wildman–Crippen LogP) is 3.85. The van der Waals surface area contributed by atoms with E-state index in [1.165, 1.54) is 31.4 Å². The third kappa shape index (κ3) is 5.00. The Morgan fingerprint density at radius 3 is 2.18 bits per heavy atom. The minimum atomic E-state index is -4.01. The first-order valence-electron chi connectivity index (χ1n) is 9.65. The smallest absolute Gasteiger partial charge is 0.335 e. The molecule has 0 fully saturated rings. The van der Waals surface area contributed by atoms with Crippen LogP contribution < -0.4 is 15.5 Å². The molecule has 4 rings (SSSR count). The number of hydrogen-bond donors (Lipinski definition) is 4. The highest BCUT2D eigenvalue weighted by atomic mass is 32.2. The molecule has 0 spiro atoms. The molecular weight excluding hydrogens is 446 g/mol. The highest BCUT2D eigenvalue weighted by molar-refractivity contribution is 7.92. The van der Waals surface area contributed by atoms with Crippen molar-refractivity contribution >= 4 is 50.0 Å². The quantitative estimate of drug-likeness (QED) is 0.285. The SMILES string of the molecule is CONc1ccc(S(=O)(=O)Nc2nc3ccccc3nc2Nc2cccc(C(=O)O)c2)cc1. The Labute approximate surface area is 189 Å². The number of anilines is 4. The first-order chi connectivity index (χ1) is 15.9. The summed E-state index contributed by atoms with van der Waals surface area (Å²) in [5.74, 6) is -0.999. The molecular formula is C22H19N5O5S. The molecule has 1 aromatic heterocycles. The van der Waals surface area contributed by atoms with Gasteiger partial charge in [0.2, 0.25) is 0 Å². The molecule has 1 heterocycles. The van der Waals surface area contributed by atoms with Gasteiger partial charge in [0.15, 0.2) is 11.6 Å². The van der Waals surface area contributed by atoms with Crippen molar-refractivity contribution in [3.05, 3.63) is 78.4 Å². The van der Waals surface area contributed by atoms with Crippen LogP contribution in [0.3, 0.4) is 0 Å². The minimum absolute atomic E-state index is 0.0120. The predicted molar refractivity (Wildman–Crippen MR) is 124 cm³/mol. The summed E-state index contributed by atoms with van der Waals surface area (Å²) in [5, 5.41) is 12.2. The summed E-state index contributed by atoms with van der Waals surface area (Å²) in [6.45, 7) is 0. The van der Waals surface area contributed by atoms with Crippen LogP contribution in [0.5, 0.6) is 0 Å². The number of benzene rings is 3. The van der Waals surface area contributed by atoms with Crippen LogP contribution in [0.4, 0.5) is 23.0 Å². The fourth-order valence-corrected chi connectivity index (χ4v) is 4.04. The highest BCUT2D eigenvalue weighted by Crippen LogP contribution is 2.27. The molecule has 0 amide bonds. The Morgan fingerprint density at radius 1 is 0.879 bits per heavy atom. The van der Waals surface area contributed by atoms with E-state index in [0.717, 1.165) is 0 Å². The van der Waals surface area contributed by atoms with Gasteiger partial charge in [0.05, 0.1) is 34.3 Å². The summed E-state index contributed by atoms with van der Waals surface area (Å²) < 4.78 is 28.5. The van der Waals surface area contributed by atoms with E-state index in [9.17, 15) is 18.3 Å². The van der Waals surface area contributed by atoms with E-state index in [1.807, 2.05) is 0 Å². The average molecular weight is 465 g/mol. The number of para-hydroxylation sites is 2. The van der Waals surface area contributed by atoms with Crippen LogP contribution in [0, 0.1) is 0 Å². The Morgan fingerprint density at radius 2 is 1.55 bits per heavy atom. The number of carbonyl (C=O) groups is 1. The van der Waals surface area contributed by atoms with Crippen LogP contribution >= 0.6 is 0 Å². The maximum Gasteiger partial charge on any atom is 0.335 e. The first-order valence-corrected chi connectivity index (χ1v) is 11.1. The van der Waals surface area contributed by atoms with Crippen molar-refractivity contribution in [3.8, 4) is 0 Å². The maximum atomic E-state index is 13.0. The summed E-state index contributed by atoms with van der Waals surface area (Å²) in [4.78, 5) is 25.0. The first kappa shape index (κ1) is 22.0. The molecule has 0 atom stereocenters. The zero-order valence-electron chi connectivity index (χ0n) is 17.3. The highest BCUT2D eigenvalue weighted by Gasteiger charge is 2.19. The zero-order chi connectivity index (χ0) is 23.4.